The zero-order valence-corrected chi connectivity index (χ0v) is 16.8. The Morgan fingerprint density at radius 2 is 1.75 bits per heavy atom. The first kappa shape index (κ1) is 18.2. The Hall–Kier alpha value is -3.14. The van der Waals surface area contributed by atoms with Crippen molar-refractivity contribution >= 4 is 23.2 Å². The van der Waals surface area contributed by atoms with Crippen molar-refractivity contribution in [1.82, 2.24) is 9.55 Å². The number of hydrogen-bond donors (Lipinski definition) is 0. The third-order valence-corrected chi connectivity index (χ3v) is 4.86. The molecule has 0 aliphatic rings. The van der Waals surface area contributed by atoms with E-state index in [2.05, 4.69) is 60.7 Å². The lowest BCUT2D eigenvalue weighted by molar-refractivity contribution is 0.528. The lowest BCUT2D eigenvalue weighted by Gasteiger charge is -2.19. The van der Waals surface area contributed by atoms with Crippen molar-refractivity contribution in [2.45, 2.75) is 39.7 Å². The molecule has 2 heterocycles. The van der Waals surface area contributed by atoms with Crippen molar-refractivity contribution in [3.8, 4) is 0 Å². The van der Waals surface area contributed by atoms with Crippen LogP contribution in [0, 0.1) is 6.92 Å². The summed E-state index contributed by atoms with van der Waals surface area (Å²) < 4.78 is 7.74. The fourth-order valence-corrected chi connectivity index (χ4v) is 3.25. The van der Waals surface area contributed by atoms with Gasteiger partial charge in [-0.25, -0.2) is 9.98 Å². The maximum atomic E-state index is 5.60. The normalized spacial score (nSPS) is 12.3. The summed E-state index contributed by atoms with van der Waals surface area (Å²) in [5.74, 6) is 2.27. The van der Waals surface area contributed by atoms with Crippen LogP contribution < -0.4 is 0 Å². The fourth-order valence-electron chi connectivity index (χ4n) is 3.25. The number of para-hydroxylation sites is 2. The van der Waals surface area contributed by atoms with Crippen LogP contribution in [0.15, 0.2) is 70.1 Å². The molecule has 0 bridgehead atoms. The van der Waals surface area contributed by atoms with Crippen LogP contribution in [0.3, 0.4) is 0 Å². The van der Waals surface area contributed by atoms with E-state index in [4.69, 9.17) is 9.40 Å². The Labute approximate surface area is 165 Å². The van der Waals surface area contributed by atoms with Gasteiger partial charge in [0.2, 0.25) is 5.95 Å². The van der Waals surface area contributed by atoms with Crippen LogP contribution in [0.4, 0.5) is 5.95 Å². The van der Waals surface area contributed by atoms with Gasteiger partial charge in [-0.1, -0.05) is 57.2 Å². The van der Waals surface area contributed by atoms with E-state index in [-0.39, 0.29) is 5.41 Å². The Kier molecular flexibility index (Phi) is 4.63. The molecular weight excluding hydrogens is 346 g/mol. The summed E-state index contributed by atoms with van der Waals surface area (Å²) in [5.41, 5.74) is 4.72. The second kappa shape index (κ2) is 7.12. The summed E-state index contributed by atoms with van der Waals surface area (Å²) in [7, 11) is 0. The Bertz CT molecular complexity index is 1120. The molecule has 0 radical (unpaired) electrons. The molecule has 0 aliphatic carbocycles. The maximum absolute atomic E-state index is 5.60. The SMILES string of the molecule is Cc1ccc(/C=N/c2nc3ccccc3n2Cc2ccc(C(C)(C)C)cc2)o1. The molecule has 0 N–H and O–H groups in total. The number of imidazole rings is 1. The summed E-state index contributed by atoms with van der Waals surface area (Å²) in [5, 5.41) is 0. The molecule has 0 saturated carbocycles. The number of aromatic nitrogens is 2. The van der Waals surface area contributed by atoms with Gasteiger partial charge in [-0.3, -0.25) is 0 Å². The van der Waals surface area contributed by atoms with E-state index >= 15 is 0 Å². The molecule has 0 atom stereocenters. The lowest BCUT2D eigenvalue weighted by atomic mass is 9.87. The van der Waals surface area contributed by atoms with Crippen molar-refractivity contribution < 1.29 is 4.42 Å². The summed E-state index contributed by atoms with van der Waals surface area (Å²) in [6, 6.07) is 20.8. The average molecular weight is 371 g/mol. The van der Waals surface area contributed by atoms with E-state index in [1.165, 1.54) is 11.1 Å². The first-order chi connectivity index (χ1) is 13.4. The Morgan fingerprint density at radius 3 is 2.43 bits per heavy atom. The maximum Gasteiger partial charge on any atom is 0.230 e. The second-order valence-electron chi connectivity index (χ2n) is 8.14. The molecule has 0 fully saturated rings. The van der Waals surface area contributed by atoms with Gasteiger partial charge in [0.1, 0.15) is 11.5 Å². The van der Waals surface area contributed by atoms with Crippen LogP contribution >= 0.6 is 0 Å². The van der Waals surface area contributed by atoms with Crippen molar-refractivity contribution in [2.75, 3.05) is 0 Å². The number of fused-ring (bicyclic) bond motifs is 1. The van der Waals surface area contributed by atoms with E-state index in [0.717, 1.165) is 29.1 Å². The predicted molar refractivity (Wildman–Crippen MR) is 115 cm³/mol. The standard InChI is InChI=1S/C24H25N3O/c1-17-9-14-20(28-17)15-25-23-26-21-7-5-6-8-22(21)27(23)16-18-10-12-19(13-11-18)24(2,3)4/h5-15H,16H2,1-4H3/b25-15+. The topological polar surface area (TPSA) is 43.3 Å². The molecule has 4 nitrogen and oxygen atoms in total. The van der Waals surface area contributed by atoms with Crippen LogP contribution in [-0.2, 0) is 12.0 Å². The van der Waals surface area contributed by atoms with Crippen LogP contribution in [-0.4, -0.2) is 15.8 Å². The molecular formula is C24H25N3O. The van der Waals surface area contributed by atoms with Crippen molar-refractivity contribution in [3.63, 3.8) is 0 Å². The molecule has 0 aliphatic heterocycles. The summed E-state index contributed by atoms with van der Waals surface area (Å²) in [4.78, 5) is 9.32. The van der Waals surface area contributed by atoms with Gasteiger partial charge in [0.15, 0.2) is 0 Å². The van der Waals surface area contributed by atoms with Crippen LogP contribution in [0.2, 0.25) is 0 Å². The fraction of sp³-hybridized carbons (Fsp3) is 0.250. The van der Waals surface area contributed by atoms with Crippen molar-refractivity contribution in [2.24, 2.45) is 4.99 Å². The highest BCUT2D eigenvalue weighted by Gasteiger charge is 2.14. The van der Waals surface area contributed by atoms with Gasteiger partial charge in [0.05, 0.1) is 23.8 Å². The quantitative estimate of drug-likeness (QED) is 0.411. The minimum absolute atomic E-state index is 0.150. The van der Waals surface area contributed by atoms with E-state index in [1.807, 2.05) is 37.3 Å². The van der Waals surface area contributed by atoms with Crippen molar-refractivity contribution in [1.29, 1.82) is 0 Å². The molecule has 0 saturated heterocycles. The first-order valence-corrected chi connectivity index (χ1v) is 9.55. The van der Waals surface area contributed by atoms with Gasteiger partial charge < -0.3 is 8.98 Å². The molecule has 28 heavy (non-hydrogen) atoms. The minimum Gasteiger partial charge on any atom is -0.460 e. The Morgan fingerprint density at radius 1 is 1.00 bits per heavy atom. The highest BCUT2D eigenvalue weighted by molar-refractivity contribution is 5.82. The largest absolute Gasteiger partial charge is 0.460 e. The van der Waals surface area contributed by atoms with Crippen LogP contribution in [0.5, 0.6) is 0 Å². The summed E-state index contributed by atoms with van der Waals surface area (Å²) in [6.07, 6.45) is 1.73. The average Bonchev–Trinajstić information content (AvgIpc) is 3.23. The summed E-state index contributed by atoms with van der Waals surface area (Å²) in [6.45, 7) is 9.33. The number of rotatable bonds is 4. The third-order valence-electron chi connectivity index (χ3n) is 4.86. The molecule has 4 aromatic rings. The van der Waals surface area contributed by atoms with E-state index in [9.17, 15) is 0 Å². The van der Waals surface area contributed by atoms with Gasteiger partial charge in [-0.2, -0.15) is 0 Å². The summed E-state index contributed by atoms with van der Waals surface area (Å²) >= 11 is 0. The first-order valence-electron chi connectivity index (χ1n) is 9.55. The predicted octanol–water partition coefficient (Wildman–Crippen LogP) is 6.03. The molecule has 4 rings (SSSR count). The molecule has 0 spiro atoms. The molecule has 0 unspecified atom stereocenters. The smallest absolute Gasteiger partial charge is 0.230 e. The molecule has 4 heteroatoms. The van der Waals surface area contributed by atoms with Crippen LogP contribution in [0.1, 0.15) is 43.4 Å². The molecule has 2 aromatic carbocycles. The highest BCUT2D eigenvalue weighted by Crippen LogP contribution is 2.25. The van der Waals surface area contributed by atoms with Crippen LogP contribution in [0.25, 0.3) is 11.0 Å². The molecule has 2 aromatic heterocycles. The second-order valence-corrected chi connectivity index (χ2v) is 8.14. The van der Waals surface area contributed by atoms with Gasteiger partial charge in [0.25, 0.3) is 0 Å². The number of aliphatic imine (C=N–C) groups is 1. The Balaban J connectivity index is 1.70. The third kappa shape index (κ3) is 3.77. The monoisotopic (exact) mass is 371 g/mol. The van der Waals surface area contributed by atoms with Gasteiger partial charge in [0, 0.05) is 0 Å². The van der Waals surface area contributed by atoms with Gasteiger partial charge in [-0.15, -0.1) is 0 Å². The number of furan rings is 1. The van der Waals surface area contributed by atoms with E-state index < -0.39 is 0 Å². The number of hydrogen-bond acceptors (Lipinski definition) is 3. The van der Waals surface area contributed by atoms with Gasteiger partial charge >= 0.3 is 0 Å². The van der Waals surface area contributed by atoms with Gasteiger partial charge in [-0.05, 0) is 47.7 Å². The number of benzene rings is 2. The lowest BCUT2D eigenvalue weighted by Crippen LogP contribution is -2.11. The molecule has 142 valence electrons. The molecule has 0 amide bonds. The van der Waals surface area contributed by atoms with E-state index in [0.29, 0.717) is 5.95 Å². The zero-order valence-electron chi connectivity index (χ0n) is 16.8. The van der Waals surface area contributed by atoms with E-state index in [1.54, 1.807) is 6.21 Å². The number of aryl methyl sites for hydroxylation is 1. The zero-order chi connectivity index (χ0) is 19.7. The number of nitrogens with zero attached hydrogens (tertiary/aromatic N) is 3. The van der Waals surface area contributed by atoms with Crippen molar-refractivity contribution in [3.05, 3.63) is 83.3 Å². The highest BCUT2D eigenvalue weighted by atomic mass is 16.3. The minimum atomic E-state index is 0.150.